The third-order valence-corrected chi connectivity index (χ3v) is 4.48. The molecule has 1 amide bonds. The highest BCUT2D eigenvalue weighted by molar-refractivity contribution is 5.67. The molecule has 3 fully saturated rings. The topological polar surface area (TPSA) is 41.6 Å². The van der Waals surface area contributed by atoms with Crippen molar-refractivity contribution in [3.05, 3.63) is 0 Å². The van der Waals surface area contributed by atoms with Crippen molar-refractivity contribution in [2.24, 2.45) is 11.8 Å². The number of piperidine rings is 1. The van der Waals surface area contributed by atoms with Gasteiger partial charge in [-0.05, 0) is 44.4 Å². The standard InChI is InChI=1S/C15H26N2O2/c1-2-19-15(18)17-9-12(7-11-3-4-11)8-14(10-17)16-13-5-6-13/h11-14,16H,2-10H2,1H3. The van der Waals surface area contributed by atoms with Gasteiger partial charge in [-0.3, -0.25) is 0 Å². The SMILES string of the molecule is CCOC(=O)N1CC(CC2CC2)CC(NC2CC2)C1. The number of nitrogens with zero attached hydrogens (tertiary/aromatic N) is 1. The van der Waals surface area contributed by atoms with Crippen LogP contribution in [0.5, 0.6) is 0 Å². The second kappa shape index (κ2) is 5.70. The lowest BCUT2D eigenvalue weighted by Crippen LogP contribution is -2.52. The number of rotatable bonds is 5. The van der Waals surface area contributed by atoms with Gasteiger partial charge in [-0.15, -0.1) is 0 Å². The van der Waals surface area contributed by atoms with Gasteiger partial charge in [0.25, 0.3) is 0 Å². The van der Waals surface area contributed by atoms with Gasteiger partial charge in [0.05, 0.1) is 6.61 Å². The third-order valence-electron chi connectivity index (χ3n) is 4.48. The van der Waals surface area contributed by atoms with Gasteiger partial charge < -0.3 is 15.0 Å². The molecule has 2 saturated carbocycles. The maximum absolute atomic E-state index is 12.0. The third kappa shape index (κ3) is 3.85. The first kappa shape index (κ1) is 13.2. The van der Waals surface area contributed by atoms with Gasteiger partial charge in [-0.25, -0.2) is 4.79 Å². The molecule has 4 heteroatoms. The molecule has 0 aromatic heterocycles. The summed E-state index contributed by atoms with van der Waals surface area (Å²) in [6.45, 7) is 4.08. The van der Waals surface area contributed by atoms with Gasteiger partial charge in [0.1, 0.15) is 0 Å². The first-order chi connectivity index (χ1) is 9.24. The molecule has 1 N–H and O–H groups in total. The molecule has 1 aliphatic heterocycles. The molecule has 3 rings (SSSR count). The van der Waals surface area contributed by atoms with Crippen molar-refractivity contribution in [3.8, 4) is 0 Å². The Morgan fingerprint density at radius 2 is 1.95 bits per heavy atom. The van der Waals surface area contributed by atoms with Crippen LogP contribution in [0.1, 0.15) is 45.4 Å². The van der Waals surface area contributed by atoms with E-state index >= 15 is 0 Å². The highest BCUT2D eigenvalue weighted by Gasteiger charge is 2.36. The number of hydrogen-bond donors (Lipinski definition) is 1. The summed E-state index contributed by atoms with van der Waals surface area (Å²) < 4.78 is 5.18. The molecular weight excluding hydrogens is 240 g/mol. The monoisotopic (exact) mass is 266 g/mol. The Balaban J connectivity index is 1.56. The van der Waals surface area contributed by atoms with Crippen LogP contribution >= 0.6 is 0 Å². The predicted molar refractivity (Wildman–Crippen MR) is 74.0 cm³/mol. The predicted octanol–water partition coefficient (Wildman–Crippen LogP) is 2.39. The molecule has 1 saturated heterocycles. The average Bonchev–Trinajstić information content (AvgIpc) is 3.25. The lowest BCUT2D eigenvalue weighted by atomic mass is 9.90. The minimum Gasteiger partial charge on any atom is -0.450 e. The number of carbonyl (C=O) groups is 1. The van der Waals surface area contributed by atoms with E-state index in [1.54, 1.807) is 0 Å². The summed E-state index contributed by atoms with van der Waals surface area (Å²) in [5.74, 6) is 1.61. The minimum atomic E-state index is -0.120. The van der Waals surface area contributed by atoms with Gasteiger partial charge in [-0.1, -0.05) is 12.8 Å². The van der Waals surface area contributed by atoms with Crippen LogP contribution in [-0.4, -0.2) is 42.8 Å². The smallest absolute Gasteiger partial charge is 0.409 e. The quantitative estimate of drug-likeness (QED) is 0.830. The molecular formula is C15H26N2O2. The number of ether oxygens (including phenoxy) is 1. The zero-order valence-electron chi connectivity index (χ0n) is 11.9. The minimum absolute atomic E-state index is 0.120. The Bertz CT molecular complexity index is 304. The van der Waals surface area contributed by atoms with E-state index in [1.165, 1.54) is 38.5 Å². The van der Waals surface area contributed by atoms with E-state index in [4.69, 9.17) is 4.74 Å². The molecule has 3 aliphatic rings. The van der Waals surface area contributed by atoms with Crippen LogP contribution in [0, 0.1) is 11.8 Å². The fraction of sp³-hybridized carbons (Fsp3) is 0.933. The van der Waals surface area contributed by atoms with Crippen molar-refractivity contribution in [1.82, 2.24) is 10.2 Å². The summed E-state index contributed by atoms with van der Waals surface area (Å²) in [4.78, 5) is 13.9. The lowest BCUT2D eigenvalue weighted by molar-refractivity contribution is 0.0761. The van der Waals surface area contributed by atoms with Crippen LogP contribution in [0.15, 0.2) is 0 Å². The van der Waals surface area contributed by atoms with Gasteiger partial charge >= 0.3 is 6.09 Å². The normalized spacial score (nSPS) is 31.3. The van der Waals surface area contributed by atoms with Crippen LogP contribution < -0.4 is 5.32 Å². The zero-order chi connectivity index (χ0) is 13.2. The maximum atomic E-state index is 12.0. The van der Waals surface area contributed by atoms with E-state index in [-0.39, 0.29) is 6.09 Å². The fourth-order valence-electron chi connectivity index (χ4n) is 3.27. The van der Waals surface area contributed by atoms with Crippen LogP contribution in [0.2, 0.25) is 0 Å². The van der Waals surface area contributed by atoms with E-state index in [9.17, 15) is 4.79 Å². The Labute approximate surface area is 115 Å². The molecule has 0 aromatic rings. The van der Waals surface area contributed by atoms with Crippen molar-refractivity contribution in [2.45, 2.75) is 57.5 Å². The lowest BCUT2D eigenvalue weighted by Gasteiger charge is -2.37. The average molecular weight is 266 g/mol. The van der Waals surface area contributed by atoms with Crippen molar-refractivity contribution >= 4 is 6.09 Å². The molecule has 108 valence electrons. The van der Waals surface area contributed by atoms with Crippen LogP contribution in [0.3, 0.4) is 0 Å². The summed E-state index contributed by atoms with van der Waals surface area (Å²) >= 11 is 0. The molecule has 2 aliphatic carbocycles. The van der Waals surface area contributed by atoms with E-state index in [2.05, 4.69) is 5.32 Å². The van der Waals surface area contributed by atoms with Gasteiger partial charge in [0, 0.05) is 25.2 Å². The van der Waals surface area contributed by atoms with Gasteiger partial charge in [0.15, 0.2) is 0 Å². The van der Waals surface area contributed by atoms with E-state index in [0.29, 0.717) is 24.6 Å². The molecule has 2 atom stereocenters. The number of amides is 1. The second-order valence-corrected chi connectivity index (χ2v) is 6.52. The first-order valence-electron chi connectivity index (χ1n) is 7.92. The fourth-order valence-corrected chi connectivity index (χ4v) is 3.27. The van der Waals surface area contributed by atoms with Gasteiger partial charge in [-0.2, -0.15) is 0 Å². The van der Waals surface area contributed by atoms with Crippen molar-refractivity contribution < 1.29 is 9.53 Å². The Kier molecular flexibility index (Phi) is 3.96. The van der Waals surface area contributed by atoms with E-state index in [1.807, 2.05) is 11.8 Å². The summed E-state index contributed by atoms with van der Waals surface area (Å²) in [6.07, 6.45) is 7.84. The molecule has 0 spiro atoms. The molecule has 0 aromatic carbocycles. The maximum Gasteiger partial charge on any atom is 0.409 e. The van der Waals surface area contributed by atoms with Crippen molar-refractivity contribution in [1.29, 1.82) is 0 Å². The second-order valence-electron chi connectivity index (χ2n) is 6.52. The largest absolute Gasteiger partial charge is 0.450 e. The van der Waals surface area contributed by atoms with Gasteiger partial charge in [0.2, 0.25) is 0 Å². The molecule has 0 bridgehead atoms. The van der Waals surface area contributed by atoms with Crippen LogP contribution in [0.4, 0.5) is 4.79 Å². The molecule has 4 nitrogen and oxygen atoms in total. The summed E-state index contributed by atoms with van der Waals surface area (Å²) in [5.41, 5.74) is 0. The molecule has 0 radical (unpaired) electrons. The molecule has 19 heavy (non-hydrogen) atoms. The zero-order valence-corrected chi connectivity index (χ0v) is 11.9. The number of likely N-dealkylation sites (tertiary alicyclic amines) is 1. The first-order valence-corrected chi connectivity index (χ1v) is 7.92. The van der Waals surface area contributed by atoms with Crippen molar-refractivity contribution in [3.63, 3.8) is 0 Å². The Morgan fingerprint density at radius 1 is 1.16 bits per heavy atom. The number of carbonyl (C=O) groups excluding carboxylic acids is 1. The summed E-state index contributed by atoms with van der Waals surface area (Å²) in [6, 6.07) is 1.20. The van der Waals surface area contributed by atoms with Crippen LogP contribution in [0.25, 0.3) is 0 Å². The number of nitrogens with one attached hydrogen (secondary N) is 1. The highest BCUT2D eigenvalue weighted by Crippen LogP contribution is 2.38. The summed E-state index contributed by atoms with van der Waals surface area (Å²) in [7, 11) is 0. The molecule has 1 heterocycles. The summed E-state index contributed by atoms with van der Waals surface area (Å²) in [5, 5.41) is 3.69. The Hall–Kier alpha value is -0.770. The van der Waals surface area contributed by atoms with E-state index < -0.39 is 0 Å². The van der Waals surface area contributed by atoms with Crippen molar-refractivity contribution in [2.75, 3.05) is 19.7 Å². The van der Waals surface area contributed by atoms with Crippen LogP contribution in [-0.2, 0) is 4.74 Å². The Morgan fingerprint density at radius 3 is 2.58 bits per heavy atom. The van der Waals surface area contributed by atoms with E-state index in [0.717, 1.165) is 19.0 Å². The highest BCUT2D eigenvalue weighted by atomic mass is 16.6. The number of hydrogen-bond acceptors (Lipinski definition) is 3. The molecule has 2 unspecified atom stereocenters.